The highest BCUT2D eigenvalue weighted by atomic mass is 16.6. The normalized spacial score (nSPS) is 12.7. The van der Waals surface area contributed by atoms with Crippen LogP contribution in [0.25, 0.3) is 0 Å². The highest BCUT2D eigenvalue weighted by Gasteiger charge is 2.58. The van der Waals surface area contributed by atoms with E-state index < -0.39 is 23.5 Å². The van der Waals surface area contributed by atoms with E-state index in [1.807, 2.05) is 0 Å². The second-order valence-corrected chi connectivity index (χ2v) is 2.01. The van der Waals surface area contributed by atoms with Gasteiger partial charge in [-0.05, 0) is 0 Å². The van der Waals surface area contributed by atoms with Gasteiger partial charge in [-0.15, -0.1) is 0 Å². The van der Waals surface area contributed by atoms with Crippen molar-refractivity contribution >= 4 is 11.9 Å². The number of hydrogen-bond donors (Lipinski definition) is 6. The Morgan fingerprint density at radius 2 is 1.33 bits per heavy atom. The zero-order chi connectivity index (χ0) is 10.2. The lowest BCUT2D eigenvalue weighted by molar-refractivity contribution is -0.325. The van der Waals surface area contributed by atoms with Crippen LogP contribution < -0.4 is 5.73 Å². The molecular formula is C4H7NO7. The van der Waals surface area contributed by atoms with Gasteiger partial charge in [-0.3, -0.25) is 4.79 Å². The van der Waals surface area contributed by atoms with E-state index in [9.17, 15) is 9.59 Å². The molecule has 0 aliphatic heterocycles. The molecule has 8 heteroatoms. The predicted octanol–water partition coefficient (Wildman–Crippen LogP) is -4.08. The maximum Gasteiger partial charge on any atom is 0.370 e. The summed E-state index contributed by atoms with van der Waals surface area (Å²) in [4.78, 5) is 20.1. The first-order valence-electron chi connectivity index (χ1n) is 2.56. The fraction of sp³-hybridized carbons (Fsp3) is 0.500. The van der Waals surface area contributed by atoms with Gasteiger partial charge < -0.3 is 31.3 Å². The fourth-order valence-corrected chi connectivity index (χ4v) is 0.321. The molecule has 7 N–H and O–H groups in total. The maximum atomic E-state index is 10.1. The van der Waals surface area contributed by atoms with Gasteiger partial charge in [-0.2, -0.15) is 0 Å². The van der Waals surface area contributed by atoms with Crippen molar-refractivity contribution in [2.45, 2.75) is 11.6 Å². The van der Waals surface area contributed by atoms with E-state index in [1.54, 1.807) is 0 Å². The summed E-state index contributed by atoms with van der Waals surface area (Å²) in [5.41, 5.74) is 4.27. The third kappa shape index (κ3) is 1.36. The summed E-state index contributed by atoms with van der Waals surface area (Å²) in [6.07, 6.45) is 0. The monoisotopic (exact) mass is 181 g/mol. The smallest absolute Gasteiger partial charge is 0.370 e. The molecule has 0 aromatic heterocycles. The van der Waals surface area contributed by atoms with Crippen LogP contribution in [0, 0.1) is 0 Å². The minimum absolute atomic E-state index is 1.99. The Bertz CT molecular complexity index is 195. The zero-order valence-electron chi connectivity index (χ0n) is 5.63. The molecule has 0 unspecified atom stereocenters. The number of rotatable bonds is 3. The van der Waals surface area contributed by atoms with Crippen LogP contribution in [0.5, 0.6) is 0 Å². The summed E-state index contributed by atoms with van der Waals surface area (Å²) in [5, 5.41) is 41.9. The average molecular weight is 181 g/mol. The number of aliphatic carboxylic acids is 1. The molecular weight excluding hydrogens is 174 g/mol. The number of carbonyl (C=O) groups excluding carboxylic acids is 1. The Balaban J connectivity index is 5.01. The van der Waals surface area contributed by atoms with Crippen molar-refractivity contribution in [3.63, 3.8) is 0 Å². The largest absolute Gasteiger partial charge is 0.477 e. The number of carboxylic acid groups (broad SMARTS) is 1. The minimum Gasteiger partial charge on any atom is -0.477 e. The van der Waals surface area contributed by atoms with Crippen LogP contribution in [-0.2, 0) is 9.59 Å². The third-order valence-corrected chi connectivity index (χ3v) is 1.13. The van der Waals surface area contributed by atoms with Crippen molar-refractivity contribution in [1.29, 1.82) is 0 Å². The second-order valence-electron chi connectivity index (χ2n) is 2.01. The van der Waals surface area contributed by atoms with Crippen LogP contribution in [0.4, 0.5) is 0 Å². The topological polar surface area (TPSA) is 161 Å². The quantitative estimate of drug-likeness (QED) is 0.241. The van der Waals surface area contributed by atoms with Crippen molar-refractivity contribution in [2.24, 2.45) is 5.73 Å². The number of aliphatic hydroxyl groups is 4. The molecule has 0 atom stereocenters. The molecule has 0 aliphatic rings. The van der Waals surface area contributed by atoms with Crippen molar-refractivity contribution in [3.05, 3.63) is 0 Å². The minimum atomic E-state index is -4.03. The van der Waals surface area contributed by atoms with Crippen LogP contribution in [0.2, 0.25) is 0 Å². The first-order chi connectivity index (χ1) is 5.14. The van der Waals surface area contributed by atoms with E-state index in [1.165, 1.54) is 0 Å². The predicted molar refractivity (Wildman–Crippen MR) is 31.2 cm³/mol. The van der Waals surface area contributed by atoms with Crippen LogP contribution in [-0.4, -0.2) is 49.0 Å². The molecule has 0 fully saturated rings. The zero-order valence-corrected chi connectivity index (χ0v) is 5.63. The molecule has 0 radical (unpaired) electrons. The summed E-state index contributed by atoms with van der Waals surface area (Å²) < 4.78 is 0. The number of amides is 1. The van der Waals surface area contributed by atoms with Crippen LogP contribution in [0.15, 0.2) is 0 Å². The van der Waals surface area contributed by atoms with Gasteiger partial charge in [0.25, 0.3) is 5.91 Å². The number of nitrogens with two attached hydrogens (primary N) is 1. The number of carboxylic acids is 1. The van der Waals surface area contributed by atoms with Gasteiger partial charge in [0, 0.05) is 0 Å². The lowest BCUT2D eigenvalue weighted by Gasteiger charge is -2.27. The highest BCUT2D eigenvalue weighted by molar-refractivity contribution is 5.90. The molecule has 0 aromatic rings. The molecule has 8 nitrogen and oxygen atoms in total. The van der Waals surface area contributed by atoms with Crippen molar-refractivity contribution in [3.8, 4) is 0 Å². The summed E-state index contributed by atoms with van der Waals surface area (Å²) in [5.74, 6) is -12.4. The maximum absolute atomic E-state index is 10.1. The van der Waals surface area contributed by atoms with Crippen LogP contribution in [0.1, 0.15) is 0 Å². The van der Waals surface area contributed by atoms with E-state index in [2.05, 4.69) is 5.73 Å². The van der Waals surface area contributed by atoms with E-state index in [0.717, 1.165) is 0 Å². The molecule has 0 aliphatic carbocycles. The number of carbonyl (C=O) groups is 2. The lowest BCUT2D eigenvalue weighted by Crippen LogP contribution is -2.65. The summed E-state index contributed by atoms with van der Waals surface area (Å²) in [7, 11) is 0. The highest BCUT2D eigenvalue weighted by Crippen LogP contribution is 2.16. The second kappa shape index (κ2) is 2.68. The Morgan fingerprint density at radius 3 is 1.42 bits per heavy atom. The van der Waals surface area contributed by atoms with Gasteiger partial charge in [0.05, 0.1) is 0 Å². The first kappa shape index (κ1) is 10.8. The van der Waals surface area contributed by atoms with Crippen molar-refractivity contribution in [1.82, 2.24) is 0 Å². The molecule has 70 valence electrons. The molecule has 1 amide bonds. The Kier molecular flexibility index (Phi) is 2.41. The summed E-state index contributed by atoms with van der Waals surface area (Å²) >= 11 is 0. The molecule has 0 heterocycles. The summed E-state index contributed by atoms with van der Waals surface area (Å²) in [6.45, 7) is 0. The van der Waals surface area contributed by atoms with E-state index in [0.29, 0.717) is 0 Å². The lowest BCUT2D eigenvalue weighted by atomic mass is 10.1. The molecule has 12 heavy (non-hydrogen) atoms. The van der Waals surface area contributed by atoms with E-state index >= 15 is 0 Å². The molecule has 0 saturated carbocycles. The number of hydrogen-bond acceptors (Lipinski definition) is 6. The molecule has 0 saturated heterocycles. The van der Waals surface area contributed by atoms with Gasteiger partial charge in [0.15, 0.2) is 0 Å². The fourth-order valence-electron chi connectivity index (χ4n) is 0.321. The average Bonchev–Trinajstić information content (AvgIpc) is 1.86. The van der Waals surface area contributed by atoms with Gasteiger partial charge in [0.1, 0.15) is 0 Å². The first-order valence-corrected chi connectivity index (χ1v) is 2.56. The Hall–Kier alpha value is -1.22. The number of primary amides is 1. The van der Waals surface area contributed by atoms with E-state index in [-0.39, 0.29) is 0 Å². The van der Waals surface area contributed by atoms with Gasteiger partial charge in [0.2, 0.25) is 0 Å². The van der Waals surface area contributed by atoms with Crippen molar-refractivity contribution in [2.75, 3.05) is 0 Å². The summed E-state index contributed by atoms with van der Waals surface area (Å²) in [6, 6.07) is 0. The van der Waals surface area contributed by atoms with Gasteiger partial charge in [-0.25, -0.2) is 4.79 Å². The SMILES string of the molecule is NC(=O)C(O)(O)C(O)(O)C(=O)O. The molecule has 0 rings (SSSR count). The third-order valence-electron chi connectivity index (χ3n) is 1.13. The molecule has 0 aromatic carbocycles. The van der Waals surface area contributed by atoms with Gasteiger partial charge >= 0.3 is 17.5 Å². The van der Waals surface area contributed by atoms with Crippen molar-refractivity contribution < 1.29 is 35.1 Å². The Labute approximate surface area is 65.5 Å². The molecule has 0 bridgehead atoms. The molecule has 0 spiro atoms. The van der Waals surface area contributed by atoms with Gasteiger partial charge in [-0.1, -0.05) is 0 Å². The van der Waals surface area contributed by atoms with Crippen LogP contribution in [0.3, 0.4) is 0 Å². The Morgan fingerprint density at radius 1 is 1.00 bits per heavy atom. The van der Waals surface area contributed by atoms with Crippen LogP contribution >= 0.6 is 0 Å². The van der Waals surface area contributed by atoms with E-state index in [4.69, 9.17) is 25.5 Å². The standard InChI is InChI=1S/C4H7NO7/c5-1(6)3(9,10)4(11,12)2(7)8/h9-12H,(H2,5,6)(H,7,8).